The largest absolute Gasteiger partial charge is 0.394 e. The van der Waals surface area contributed by atoms with E-state index < -0.39 is 30.7 Å². The van der Waals surface area contributed by atoms with Gasteiger partial charge < -0.3 is 35.3 Å². The molecule has 1 aliphatic heterocycles. The predicted octanol–water partition coefficient (Wildman–Crippen LogP) is -1.66. The third-order valence-corrected chi connectivity index (χ3v) is 3.62. The van der Waals surface area contributed by atoms with Crippen molar-refractivity contribution >= 4 is 0 Å². The molecule has 1 heterocycles. The fourth-order valence-electron chi connectivity index (χ4n) is 2.26. The minimum atomic E-state index is -1.09. The second kappa shape index (κ2) is 6.94. The molecule has 1 aliphatic carbocycles. The van der Waals surface area contributed by atoms with Crippen molar-refractivity contribution in [3.63, 3.8) is 0 Å². The van der Waals surface area contributed by atoms with Crippen molar-refractivity contribution in [3.8, 4) is 0 Å². The summed E-state index contributed by atoms with van der Waals surface area (Å²) in [6.45, 7) is 0.167. The van der Waals surface area contributed by atoms with Crippen molar-refractivity contribution in [2.45, 2.75) is 56.1 Å². The molecule has 1 saturated heterocycles. The Bertz CT molecular complexity index is 275. The quantitative estimate of drug-likeness (QED) is 0.459. The van der Waals surface area contributed by atoms with E-state index >= 15 is 0 Å². The first-order valence-corrected chi connectivity index (χ1v) is 6.77. The Morgan fingerprint density at radius 1 is 1.21 bits per heavy atom. The summed E-state index contributed by atoms with van der Waals surface area (Å²) in [7, 11) is 0. The van der Waals surface area contributed by atoms with Crippen LogP contribution in [0.4, 0.5) is 0 Å². The summed E-state index contributed by atoms with van der Waals surface area (Å²) < 4.78 is 16.3. The molecule has 0 bridgehead atoms. The van der Waals surface area contributed by atoms with E-state index in [1.165, 1.54) is 0 Å². The Morgan fingerprint density at radius 2 is 1.95 bits per heavy atom. The van der Waals surface area contributed by atoms with Gasteiger partial charge in [0.15, 0.2) is 6.29 Å². The highest BCUT2D eigenvalue weighted by molar-refractivity contribution is 4.91. The molecule has 0 aromatic rings. The van der Waals surface area contributed by atoms with E-state index in [0.29, 0.717) is 6.54 Å². The number of hydrogen-bond donors (Lipinski definition) is 4. The van der Waals surface area contributed by atoms with Gasteiger partial charge in [0.25, 0.3) is 0 Å². The van der Waals surface area contributed by atoms with Crippen molar-refractivity contribution in [2.75, 3.05) is 19.8 Å². The number of aliphatic hydroxyl groups excluding tert-OH is 3. The van der Waals surface area contributed by atoms with Crippen LogP contribution >= 0.6 is 0 Å². The lowest BCUT2D eigenvalue weighted by molar-refractivity contribution is -0.314. The topological polar surface area (TPSA) is 114 Å². The van der Waals surface area contributed by atoms with Gasteiger partial charge in [0.2, 0.25) is 0 Å². The van der Waals surface area contributed by atoms with Crippen molar-refractivity contribution in [1.29, 1.82) is 0 Å². The van der Waals surface area contributed by atoms with E-state index in [1.807, 2.05) is 0 Å². The fraction of sp³-hybridized carbons (Fsp3) is 1.00. The third kappa shape index (κ3) is 3.43. The van der Waals surface area contributed by atoms with Crippen molar-refractivity contribution in [2.24, 2.45) is 5.73 Å². The molecule has 19 heavy (non-hydrogen) atoms. The minimum absolute atomic E-state index is 0.0573. The summed E-state index contributed by atoms with van der Waals surface area (Å²) in [5.74, 6) is 0. The predicted molar refractivity (Wildman–Crippen MR) is 65.3 cm³/mol. The number of nitrogens with two attached hydrogens (primary N) is 1. The van der Waals surface area contributed by atoms with E-state index in [0.717, 1.165) is 19.3 Å². The standard InChI is InChI=1S/C12H23NO6/c13-4-5-17-12-10(16)11(18-7-2-1-3-7)9(15)8(6-14)19-12/h7-12,14-16H,1-6,13H2. The van der Waals surface area contributed by atoms with Gasteiger partial charge in [-0.05, 0) is 19.3 Å². The molecule has 7 heteroatoms. The van der Waals surface area contributed by atoms with E-state index in [9.17, 15) is 15.3 Å². The molecule has 5 unspecified atom stereocenters. The van der Waals surface area contributed by atoms with Crippen molar-refractivity contribution in [3.05, 3.63) is 0 Å². The maximum Gasteiger partial charge on any atom is 0.186 e. The van der Waals surface area contributed by atoms with E-state index in [-0.39, 0.29) is 19.3 Å². The summed E-state index contributed by atoms with van der Waals surface area (Å²) in [6, 6.07) is 0. The van der Waals surface area contributed by atoms with Gasteiger partial charge in [-0.3, -0.25) is 0 Å². The number of aliphatic hydroxyl groups is 3. The molecule has 2 fully saturated rings. The Morgan fingerprint density at radius 3 is 2.47 bits per heavy atom. The molecule has 0 amide bonds. The maximum atomic E-state index is 10.2. The molecular formula is C12H23NO6. The Kier molecular flexibility index (Phi) is 5.52. The van der Waals surface area contributed by atoms with Crippen LogP contribution in [0, 0.1) is 0 Å². The van der Waals surface area contributed by atoms with Crippen LogP contribution in [0.1, 0.15) is 19.3 Å². The SMILES string of the molecule is NCCOC1OC(CO)C(O)C(OC2CCC2)C1O. The number of ether oxygens (including phenoxy) is 3. The van der Waals surface area contributed by atoms with Gasteiger partial charge in [-0.1, -0.05) is 0 Å². The molecule has 112 valence electrons. The first-order chi connectivity index (χ1) is 9.17. The molecule has 7 nitrogen and oxygen atoms in total. The molecule has 2 aliphatic rings. The monoisotopic (exact) mass is 277 g/mol. The maximum absolute atomic E-state index is 10.2. The van der Waals surface area contributed by atoms with Gasteiger partial charge in [0.1, 0.15) is 24.4 Å². The molecule has 0 aromatic carbocycles. The van der Waals surface area contributed by atoms with Gasteiger partial charge in [-0.15, -0.1) is 0 Å². The summed E-state index contributed by atoms with van der Waals surface area (Å²) in [5.41, 5.74) is 5.34. The van der Waals surface area contributed by atoms with Crippen LogP contribution in [-0.4, -0.2) is 71.9 Å². The molecule has 0 aromatic heterocycles. The lowest BCUT2D eigenvalue weighted by atomic mass is 9.93. The lowest BCUT2D eigenvalue weighted by Gasteiger charge is -2.44. The number of hydrogen-bond acceptors (Lipinski definition) is 7. The van der Waals surface area contributed by atoms with Crippen molar-refractivity contribution in [1.82, 2.24) is 0 Å². The van der Waals surface area contributed by atoms with Crippen LogP contribution in [-0.2, 0) is 14.2 Å². The van der Waals surface area contributed by atoms with Crippen LogP contribution in [0.3, 0.4) is 0 Å². The Balaban J connectivity index is 1.98. The zero-order chi connectivity index (χ0) is 13.8. The lowest BCUT2D eigenvalue weighted by Crippen LogP contribution is -2.61. The first-order valence-electron chi connectivity index (χ1n) is 6.77. The van der Waals surface area contributed by atoms with Gasteiger partial charge in [0.05, 0.1) is 19.3 Å². The molecular weight excluding hydrogens is 254 g/mol. The van der Waals surface area contributed by atoms with Crippen LogP contribution in [0.2, 0.25) is 0 Å². The van der Waals surface area contributed by atoms with E-state index in [2.05, 4.69) is 0 Å². The minimum Gasteiger partial charge on any atom is -0.394 e. The van der Waals surface area contributed by atoms with Crippen LogP contribution < -0.4 is 5.73 Å². The van der Waals surface area contributed by atoms with E-state index in [4.69, 9.17) is 19.9 Å². The van der Waals surface area contributed by atoms with Gasteiger partial charge in [-0.2, -0.15) is 0 Å². The van der Waals surface area contributed by atoms with Crippen LogP contribution in [0.15, 0.2) is 0 Å². The fourth-order valence-corrected chi connectivity index (χ4v) is 2.26. The Labute approximate surface area is 112 Å². The average Bonchev–Trinajstić information content (AvgIpc) is 2.36. The van der Waals surface area contributed by atoms with Crippen LogP contribution in [0.25, 0.3) is 0 Å². The van der Waals surface area contributed by atoms with Gasteiger partial charge in [-0.25, -0.2) is 0 Å². The second-order valence-electron chi connectivity index (χ2n) is 5.02. The molecule has 0 spiro atoms. The first kappa shape index (κ1) is 15.1. The highest BCUT2D eigenvalue weighted by Crippen LogP contribution is 2.30. The molecule has 5 atom stereocenters. The average molecular weight is 277 g/mol. The molecule has 0 radical (unpaired) electrons. The molecule has 2 rings (SSSR count). The summed E-state index contributed by atoms with van der Waals surface area (Å²) in [6.07, 6.45) is -1.73. The van der Waals surface area contributed by atoms with Gasteiger partial charge in [0, 0.05) is 6.54 Å². The highest BCUT2D eigenvalue weighted by Gasteiger charge is 2.46. The summed E-state index contributed by atoms with van der Waals surface area (Å²) in [4.78, 5) is 0. The molecule has 1 saturated carbocycles. The van der Waals surface area contributed by atoms with E-state index in [1.54, 1.807) is 0 Å². The van der Waals surface area contributed by atoms with Crippen LogP contribution in [0.5, 0.6) is 0 Å². The van der Waals surface area contributed by atoms with Gasteiger partial charge >= 0.3 is 0 Å². The Hall–Kier alpha value is -0.280. The summed E-state index contributed by atoms with van der Waals surface area (Å²) >= 11 is 0. The third-order valence-electron chi connectivity index (χ3n) is 3.62. The smallest absolute Gasteiger partial charge is 0.186 e. The molecule has 5 N–H and O–H groups in total. The van der Waals surface area contributed by atoms with Crippen molar-refractivity contribution < 1.29 is 29.5 Å². The zero-order valence-electron chi connectivity index (χ0n) is 10.9. The highest BCUT2D eigenvalue weighted by atomic mass is 16.7. The summed E-state index contributed by atoms with van der Waals surface area (Å²) in [5, 5.41) is 29.4. The zero-order valence-corrected chi connectivity index (χ0v) is 10.9. The number of rotatable bonds is 6. The second-order valence-corrected chi connectivity index (χ2v) is 5.02. The normalized spacial score (nSPS) is 40.1.